The Balaban J connectivity index is 1.57. The molecule has 7 heteroatoms. The zero-order valence-corrected chi connectivity index (χ0v) is 12.4. The van der Waals surface area contributed by atoms with Crippen LogP contribution in [0.5, 0.6) is 0 Å². The molecule has 22 heavy (non-hydrogen) atoms. The SMILES string of the molecule is NCC1CCCCN1C(=O)CCc1nc(-c2ccoc2)no1. The van der Waals surface area contributed by atoms with Gasteiger partial charge in [0.1, 0.15) is 6.26 Å². The highest BCUT2D eigenvalue weighted by Crippen LogP contribution is 2.19. The summed E-state index contributed by atoms with van der Waals surface area (Å²) in [6.07, 6.45) is 7.10. The van der Waals surface area contributed by atoms with Crippen LogP contribution in [0.25, 0.3) is 11.4 Å². The molecule has 2 N–H and O–H groups in total. The van der Waals surface area contributed by atoms with Crippen LogP contribution in [0.2, 0.25) is 0 Å². The van der Waals surface area contributed by atoms with E-state index in [1.54, 1.807) is 18.6 Å². The van der Waals surface area contributed by atoms with Gasteiger partial charge in [0.15, 0.2) is 0 Å². The molecule has 1 unspecified atom stereocenters. The molecule has 1 saturated heterocycles. The van der Waals surface area contributed by atoms with E-state index in [9.17, 15) is 4.79 Å². The van der Waals surface area contributed by atoms with Crippen LogP contribution in [0.1, 0.15) is 31.6 Å². The van der Waals surface area contributed by atoms with Crippen molar-refractivity contribution in [2.24, 2.45) is 5.73 Å². The van der Waals surface area contributed by atoms with Gasteiger partial charge in [-0.15, -0.1) is 0 Å². The van der Waals surface area contributed by atoms with E-state index in [1.165, 1.54) is 0 Å². The summed E-state index contributed by atoms with van der Waals surface area (Å²) < 4.78 is 10.2. The number of carbonyl (C=O) groups is 1. The van der Waals surface area contributed by atoms with Crippen molar-refractivity contribution < 1.29 is 13.7 Å². The van der Waals surface area contributed by atoms with Crippen LogP contribution in [-0.4, -0.2) is 40.1 Å². The number of amides is 1. The number of hydrogen-bond donors (Lipinski definition) is 1. The summed E-state index contributed by atoms with van der Waals surface area (Å²) in [5.74, 6) is 1.05. The fourth-order valence-electron chi connectivity index (χ4n) is 2.80. The molecule has 0 aromatic carbocycles. The molecule has 1 aliphatic rings. The lowest BCUT2D eigenvalue weighted by Crippen LogP contribution is -2.47. The van der Waals surface area contributed by atoms with Crippen molar-refractivity contribution in [2.75, 3.05) is 13.1 Å². The van der Waals surface area contributed by atoms with Gasteiger partial charge in [-0.25, -0.2) is 0 Å². The van der Waals surface area contributed by atoms with Gasteiger partial charge in [0, 0.05) is 32.0 Å². The second kappa shape index (κ2) is 6.74. The van der Waals surface area contributed by atoms with E-state index >= 15 is 0 Å². The number of piperidine rings is 1. The third kappa shape index (κ3) is 3.19. The molecule has 1 fully saturated rings. The molecule has 1 atom stereocenters. The number of likely N-dealkylation sites (tertiary alicyclic amines) is 1. The Morgan fingerprint density at radius 2 is 2.36 bits per heavy atom. The van der Waals surface area contributed by atoms with Gasteiger partial charge in [-0.3, -0.25) is 4.79 Å². The van der Waals surface area contributed by atoms with Gasteiger partial charge >= 0.3 is 0 Å². The zero-order valence-electron chi connectivity index (χ0n) is 12.4. The quantitative estimate of drug-likeness (QED) is 0.901. The summed E-state index contributed by atoms with van der Waals surface area (Å²) in [4.78, 5) is 18.5. The lowest BCUT2D eigenvalue weighted by Gasteiger charge is -2.35. The van der Waals surface area contributed by atoms with Gasteiger partial charge in [0.05, 0.1) is 11.8 Å². The zero-order chi connectivity index (χ0) is 15.4. The van der Waals surface area contributed by atoms with E-state index in [1.807, 2.05) is 4.90 Å². The largest absolute Gasteiger partial charge is 0.472 e. The smallest absolute Gasteiger partial charge is 0.227 e. The van der Waals surface area contributed by atoms with Crippen LogP contribution in [0, 0.1) is 0 Å². The Kier molecular flexibility index (Phi) is 4.53. The van der Waals surface area contributed by atoms with Crippen molar-refractivity contribution in [3.05, 3.63) is 24.5 Å². The molecule has 0 bridgehead atoms. The van der Waals surface area contributed by atoms with Gasteiger partial charge in [-0.05, 0) is 25.3 Å². The Morgan fingerprint density at radius 1 is 1.45 bits per heavy atom. The number of aromatic nitrogens is 2. The molecule has 1 amide bonds. The summed E-state index contributed by atoms with van der Waals surface area (Å²) in [5, 5.41) is 3.89. The number of furan rings is 1. The van der Waals surface area contributed by atoms with Crippen molar-refractivity contribution in [2.45, 2.75) is 38.1 Å². The average Bonchev–Trinajstić information content (AvgIpc) is 3.23. The molecule has 118 valence electrons. The minimum Gasteiger partial charge on any atom is -0.472 e. The average molecular weight is 304 g/mol. The molecule has 0 saturated carbocycles. The maximum absolute atomic E-state index is 12.3. The molecule has 3 heterocycles. The molecule has 7 nitrogen and oxygen atoms in total. The van der Waals surface area contributed by atoms with E-state index in [2.05, 4.69) is 10.1 Å². The molecule has 1 aliphatic heterocycles. The summed E-state index contributed by atoms with van der Waals surface area (Å²) in [6, 6.07) is 1.93. The third-order valence-electron chi connectivity index (χ3n) is 4.02. The lowest BCUT2D eigenvalue weighted by molar-refractivity contribution is -0.134. The summed E-state index contributed by atoms with van der Waals surface area (Å²) in [6.45, 7) is 1.32. The summed E-state index contributed by atoms with van der Waals surface area (Å²) in [7, 11) is 0. The van der Waals surface area contributed by atoms with Crippen LogP contribution >= 0.6 is 0 Å². The highest BCUT2D eigenvalue weighted by molar-refractivity contribution is 5.76. The molecule has 0 aliphatic carbocycles. The third-order valence-corrected chi connectivity index (χ3v) is 4.02. The van der Waals surface area contributed by atoms with E-state index in [0.29, 0.717) is 31.1 Å². The lowest BCUT2D eigenvalue weighted by atomic mass is 10.0. The fourth-order valence-corrected chi connectivity index (χ4v) is 2.80. The van der Waals surface area contributed by atoms with Gasteiger partial charge in [-0.2, -0.15) is 4.98 Å². The van der Waals surface area contributed by atoms with Gasteiger partial charge < -0.3 is 19.6 Å². The Hall–Kier alpha value is -2.15. The van der Waals surface area contributed by atoms with Crippen LogP contribution < -0.4 is 5.73 Å². The summed E-state index contributed by atoms with van der Waals surface area (Å²) >= 11 is 0. The second-order valence-corrected chi connectivity index (χ2v) is 5.50. The molecule has 2 aromatic rings. The number of aryl methyl sites for hydroxylation is 1. The van der Waals surface area contributed by atoms with E-state index in [-0.39, 0.29) is 11.9 Å². The topological polar surface area (TPSA) is 98.4 Å². The highest BCUT2D eigenvalue weighted by Gasteiger charge is 2.25. The summed E-state index contributed by atoms with van der Waals surface area (Å²) in [5.41, 5.74) is 6.52. The number of carbonyl (C=O) groups excluding carboxylic acids is 1. The van der Waals surface area contributed by atoms with Crippen molar-refractivity contribution in [3.63, 3.8) is 0 Å². The predicted octanol–water partition coefficient (Wildman–Crippen LogP) is 1.60. The molecule has 2 aromatic heterocycles. The van der Waals surface area contributed by atoms with Gasteiger partial charge in [0.25, 0.3) is 0 Å². The monoisotopic (exact) mass is 304 g/mol. The van der Waals surface area contributed by atoms with E-state index in [4.69, 9.17) is 14.7 Å². The first-order chi connectivity index (χ1) is 10.8. The maximum Gasteiger partial charge on any atom is 0.227 e. The van der Waals surface area contributed by atoms with Crippen LogP contribution in [0.3, 0.4) is 0 Å². The maximum atomic E-state index is 12.3. The van der Waals surface area contributed by atoms with E-state index < -0.39 is 0 Å². The van der Waals surface area contributed by atoms with E-state index in [0.717, 1.165) is 31.4 Å². The van der Waals surface area contributed by atoms with Crippen LogP contribution in [0.15, 0.2) is 27.5 Å². The first-order valence-corrected chi connectivity index (χ1v) is 7.62. The van der Waals surface area contributed by atoms with Gasteiger partial charge in [-0.1, -0.05) is 5.16 Å². The van der Waals surface area contributed by atoms with Gasteiger partial charge in [0.2, 0.25) is 17.6 Å². The Morgan fingerprint density at radius 3 is 3.14 bits per heavy atom. The standard InChI is InChI=1S/C15H20N4O3/c16-9-12-3-1-2-7-19(12)14(20)5-4-13-17-15(18-22-13)11-6-8-21-10-11/h6,8,10,12H,1-5,7,9,16H2. The molecule has 0 spiro atoms. The van der Waals surface area contributed by atoms with Crippen LogP contribution in [0.4, 0.5) is 0 Å². The fraction of sp³-hybridized carbons (Fsp3) is 0.533. The Bertz CT molecular complexity index is 608. The van der Waals surface area contributed by atoms with Crippen molar-refractivity contribution in [3.8, 4) is 11.4 Å². The molecule has 0 radical (unpaired) electrons. The van der Waals surface area contributed by atoms with Crippen molar-refractivity contribution in [1.29, 1.82) is 0 Å². The number of hydrogen-bond acceptors (Lipinski definition) is 6. The number of nitrogens with two attached hydrogens (primary N) is 1. The second-order valence-electron chi connectivity index (χ2n) is 5.50. The minimum absolute atomic E-state index is 0.109. The van der Waals surface area contributed by atoms with Crippen LogP contribution in [-0.2, 0) is 11.2 Å². The number of rotatable bonds is 5. The number of nitrogens with zero attached hydrogens (tertiary/aromatic N) is 3. The normalized spacial score (nSPS) is 18.6. The minimum atomic E-state index is 0.109. The first-order valence-electron chi connectivity index (χ1n) is 7.62. The van der Waals surface area contributed by atoms with Crippen molar-refractivity contribution in [1.82, 2.24) is 15.0 Å². The predicted molar refractivity (Wildman–Crippen MR) is 78.7 cm³/mol. The molecular formula is C15H20N4O3. The highest BCUT2D eigenvalue weighted by atomic mass is 16.5. The first kappa shape index (κ1) is 14.8. The molecular weight excluding hydrogens is 284 g/mol. The molecule has 3 rings (SSSR count). The van der Waals surface area contributed by atoms with Crippen molar-refractivity contribution >= 4 is 5.91 Å². The Labute approximate surface area is 128 Å².